The van der Waals surface area contributed by atoms with Crippen LogP contribution >= 0.6 is 0 Å². The Balaban J connectivity index is -0.000000767. The molecule has 0 bridgehead atoms. The summed E-state index contributed by atoms with van der Waals surface area (Å²) in [5.74, 6) is -1.90. The van der Waals surface area contributed by atoms with Crippen LogP contribution in [0.4, 0.5) is 0 Å². The summed E-state index contributed by atoms with van der Waals surface area (Å²) in [6.07, 6.45) is 36.3. The summed E-state index contributed by atoms with van der Waals surface area (Å²) in [5, 5.41) is 21.3. The molecular weight excluding hydrogens is 589 g/mol. The van der Waals surface area contributed by atoms with Crippen molar-refractivity contribution in [1.82, 2.24) is 9.80 Å². The molecule has 0 aliphatic carbocycles. The van der Waals surface area contributed by atoms with Gasteiger partial charge in [0.15, 0.2) is 0 Å². The summed E-state index contributed by atoms with van der Waals surface area (Å²) < 4.78 is 0. The third-order valence-corrected chi connectivity index (χ3v) is 7.13. The molecule has 0 amide bonds. The summed E-state index contributed by atoms with van der Waals surface area (Å²) in [7, 11) is 0. The van der Waals surface area contributed by atoms with Crippen LogP contribution in [0.2, 0.25) is 0 Å². The van der Waals surface area contributed by atoms with Crippen LogP contribution < -0.4 is 10.2 Å². The Kier molecular flexibility index (Phi) is 44.3. The smallest absolute Gasteiger partial charge is 0.550 e. The fourth-order valence-electron chi connectivity index (χ4n) is 4.51. The van der Waals surface area contributed by atoms with Crippen LogP contribution in [0.15, 0.2) is 48.6 Å². The Morgan fingerprint density at radius 2 is 0.644 bits per heavy atom. The van der Waals surface area contributed by atoms with Crippen molar-refractivity contribution in [3.05, 3.63) is 48.6 Å². The van der Waals surface area contributed by atoms with Crippen molar-refractivity contribution in [2.45, 2.75) is 143 Å². The molecule has 0 N–H and O–H groups in total. The molecule has 0 aromatic carbocycles. The molecule has 7 heteroatoms. The van der Waals surface area contributed by atoms with Crippen LogP contribution in [0.5, 0.6) is 0 Å². The number of nitrogens with zero attached hydrogens (tertiary/aromatic N) is 2. The molecule has 0 heterocycles. The second-order valence-corrected chi connectivity index (χ2v) is 11.5. The maximum absolute atomic E-state index is 10.6. The van der Waals surface area contributed by atoms with Gasteiger partial charge in [-0.2, -0.15) is 0 Å². The van der Waals surface area contributed by atoms with Crippen molar-refractivity contribution in [3.8, 4) is 0 Å². The van der Waals surface area contributed by atoms with Gasteiger partial charge in [-0.25, -0.2) is 0 Å². The van der Waals surface area contributed by atoms with Gasteiger partial charge in [-0.05, 0) is 116 Å². The molecule has 0 aromatic rings. The Bertz CT molecular complexity index is 646. The second-order valence-electron chi connectivity index (χ2n) is 11.5. The summed E-state index contributed by atoms with van der Waals surface area (Å²) in [6, 6.07) is 0. The van der Waals surface area contributed by atoms with Gasteiger partial charge in [0, 0.05) is 25.0 Å². The molecule has 0 saturated heterocycles. The standard InChI is InChI=1S/2C19H35NO2.Ca/c2*1-3-5-7-9-11-13-16-20(18-15-19(21)22)17-14-12-10-8-6-4-2;/h2*7-10H,3-6,11-18H2,1-2H3,(H,21,22);/q;;+2/p-2/b2*9-7+,10-8+;. The van der Waals surface area contributed by atoms with Crippen LogP contribution in [0, 0.1) is 0 Å². The molecule has 6 nitrogen and oxygen atoms in total. The first kappa shape index (κ1) is 48.5. The molecule has 0 aliphatic rings. The number of hydrogen-bond donors (Lipinski definition) is 0. The van der Waals surface area contributed by atoms with Crippen LogP contribution in [0.25, 0.3) is 0 Å². The molecule has 0 aliphatic heterocycles. The maximum Gasteiger partial charge on any atom is 2.00 e. The molecular formula is C38H68CaN2O4. The maximum atomic E-state index is 10.6. The van der Waals surface area contributed by atoms with E-state index in [4.69, 9.17) is 0 Å². The number of carboxylic acids is 2. The molecule has 0 unspecified atom stereocenters. The van der Waals surface area contributed by atoms with E-state index in [1.807, 2.05) is 0 Å². The predicted octanol–water partition coefficient (Wildman–Crippen LogP) is 7.02. The molecule has 0 spiro atoms. The van der Waals surface area contributed by atoms with E-state index < -0.39 is 11.9 Å². The van der Waals surface area contributed by atoms with Gasteiger partial charge in [0.2, 0.25) is 0 Å². The zero-order valence-corrected chi connectivity index (χ0v) is 32.0. The van der Waals surface area contributed by atoms with E-state index in [-0.39, 0.29) is 50.6 Å². The molecule has 0 radical (unpaired) electrons. The first-order valence-corrected chi connectivity index (χ1v) is 17.8. The van der Waals surface area contributed by atoms with Gasteiger partial charge in [-0.3, -0.25) is 0 Å². The molecule has 0 fully saturated rings. The Hall–Kier alpha value is -0.920. The van der Waals surface area contributed by atoms with Crippen molar-refractivity contribution in [2.75, 3.05) is 39.3 Å². The van der Waals surface area contributed by atoms with Gasteiger partial charge < -0.3 is 29.6 Å². The van der Waals surface area contributed by atoms with Gasteiger partial charge in [-0.1, -0.05) is 102 Å². The van der Waals surface area contributed by atoms with Crippen molar-refractivity contribution in [1.29, 1.82) is 0 Å². The van der Waals surface area contributed by atoms with E-state index in [1.54, 1.807) is 0 Å². The third-order valence-electron chi connectivity index (χ3n) is 7.13. The quantitative estimate of drug-likeness (QED) is 0.0469. The van der Waals surface area contributed by atoms with E-state index in [2.05, 4.69) is 86.1 Å². The first-order valence-electron chi connectivity index (χ1n) is 17.8. The van der Waals surface area contributed by atoms with E-state index in [1.165, 1.54) is 25.7 Å². The molecule has 0 rings (SSSR count). The Morgan fingerprint density at radius 1 is 0.422 bits per heavy atom. The Labute approximate surface area is 308 Å². The normalized spacial score (nSPS) is 11.7. The number of carbonyl (C=O) groups excluding carboxylic acids is 2. The molecule has 0 atom stereocenters. The first-order chi connectivity index (χ1) is 21.4. The number of carbonyl (C=O) groups is 2. The number of allylic oxidation sites excluding steroid dienone is 8. The average Bonchev–Trinajstić information content (AvgIpc) is 3.00. The van der Waals surface area contributed by atoms with Crippen LogP contribution in [0.3, 0.4) is 0 Å². The molecule has 256 valence electrons. The summed E-state index contributed by atoms with van der Waals surface area (Å²) in [6.45, 7) is 13.8. The number of hydrogen-bond acceptors (Lipinski definition) is 6. The van der Waals surface area contributed by atoms with Gasteiger partial charge in [0.25, 0.3) is 0 Å². The zero-order chi connectivity index (χ0) is 32.9. The van der Waals surface area contributed by atoms with E-state index in [9.17, 15) is 19.8 Å². The Morgan fingerprint density at radius 3 is 0.844 bits per heavy atom. The zero-order valence-electron chi connectivity index (χ0n) is 29.8. The van der Waals surface area contributed by atoms with E-state index in [0.29, 0.717) is 13.1 Å². The molecule has 45 heavy (non-hydrogen) atoms. The fraction of sp³-hybridized carbons (Fsp3) is 0.737. The monoisotopic (exact) mass is 656 g/mol. The SMILES string of the molecule is CCC/C=C/CCCN(CCC/C=C/CCC)CCC(=O)[O-].CCC/C=C/CCCN(CCC/C=C/CCC)CCC(=O)[O-].[Ca+2]. The predicted molar refractivity (Wildman–Crippen MR) is 191 cm³/mol. The third kappa shape index (κ3) is 43.1. The minimum atomic E-state index is -0.948. The minimum absolute atomic E-state index is 0. The minimum Gasteiger partial charge on any atom is -0.550 e. The number of rotatable bonds is 30. The fourth-order valence-corrected chi connectivity index (χ4v) is 4.51. The summed E-state index contributed by atoms with van der Waals surface area (Å²) in [5.41, 5.74) is 0. The van der Waals surface area contributed by atoms with Gasteiger partial charge >= 0.3 is 37.7 Å². The number of carboxylic acid groups (broad SMARTS) is 2. The summed E-state index contributed by atoms with van der Waals surface area (Å²) >= 11 is 0. The van der Waals surface area contributed by atoms with Crippen molar-refractivity contribution < 1.29 is 19.8 Å². The van der Waals surface area contributed by atoms with Gasteiger partial charge in [0.05, 0.1) is 0 Å². The second kappa shape index (κ2) is 41.1. The van der Waals surface area contributed by atoms with Crippen LogP contribution in [0.1, 0.15) is 143 Å². The largest absolute Gasteiger partial charge is 2.00 e. The average molecular weight is 657 g/mol. The van der Waals surface area contributed by atoms with Gasteiger partial charge in [0.1, 0.15) is 0 Å². The van der Waals surface area contributed by atoms with Crippen molar-refractivity contribution >= 4 is 49.7 Å². The van der Waals surface area contributed by atoms with Gasteiger partial charge in [-0.15, -0.1) is 0 Å². The van der Waals surface area contributed by atoms with E-state index >= 15 is 0 Å². The van der Waals surface area contributed by atoms with Crippen molar-refractivity contribution in [2.24, 2.45) is 0 Å². The van der Waals surface area contributed by atoms with Crippen LogP contribution in [-0.4, -0.2) is 98.7 Å². The van der Waals surface area contributed by atoms with Crippen LogP contribution in [-0.2, 0) is 9.59 Å². The summed E-state index contributed by atoms with van der Waals surface area (Å²) in [4.78, 5) is 25.8. The topological polar surface area (TPSA) is 86.7 Å². The molecule has 0 saturated carbocycles. The van der Waals surface area contributed by atoms with Crippen molar-refractivity contribution in [3.63, 3.8) is 0 Å². The number of aliphatic carboxylic acids is 2. The van der Waals surface area contributed by atoms with E-state index in [0.717, 1.165) is 103 Å². The molecule has 0 aromatic heterocycles. The number of unbranched alkanes of at least 4 members (excludes halogenated alkanes) is 8.